The number of aryl methyl sites for hydroxylation is 2. The number of pyridine rings is 1. The Kier molecular flexibility index (Phi) is 4.85. The van der Waals surface area contributed by atoms with E-state index in [1.807, 2.05) is 0 Å². The zero-order chi connectivity index (χ0) is 24.3. The molecular formula is C22H17F3N8OS. The third kappa shape index (κ3) is 3.53. The van der Waals surface area contributed by atoms with Crippen molar-refractivity contribution in [3.05, 3.63) is 45.9 Å². The van der Waals surface area contributed by atoms with Crippen molar-refractivity contribution < 1.29 is 18.0 Å². The number of hydrogen-bond donors (Lipinski definition) is 3. The van der Waals surface area contributed by atoms with E-state index in [1.54, 1.807) is 19.1 Å². The molecular weight excluding hydrogens is 481 g/mol. The quantitative estimate of drug-likeness (QED) is 0.328. The standard InChI is InChI=1S/C22H17F3N8OS/c1-9-29-33-21(35-9)28-20(34)18-16-14(30-31-18)7-6-13-15(16)10-4-2-3-5-11(10)17(27-13)12-8-26-32-19(12)22(23,24)25/h6-8H,2-5H2,1H3,(H,26,32)(H,30,31)(H,28,33,34). The summed E-state index contributed by atoms with van der Waals surface area (Å²) in [4.78, 5) is 17.8. The average Bonchev–Trinajstić information content (AvgIpc) is 3.57. The van der Waals surface area contributed by atoms with Gasteiger partial charge in [-0.2, -0.15) is 23.4 Å². The number of H-pyrrole nitrogens is 2. The van der Waals surface area contributed by atoms with Gasteiger partial charge in [0.05, 0.1) is 22.3 Å². The molecule has 1 amide bonds. The first-order chi connectivity index (χ1) is 16.8. The monoisotopic (exact) mass is 498 g/mol. The molecule has 4 aromatic heterocycles. The van der Waals surface area contributed by atoms with Crippen LogP contribution < -0.4 is 5.32 Å². The van der Waals surface area contributed by atoms with Crippen LogP contribution in [0.1, 0.15) is 45.2 Å². The van der Waals surface area contributed by atoms with Gasteiger partial charge in [-0.3, -0.25) is 20.3 Å². The maximum Gasteiger partial charge on any atom is 0.435 e. The van der Waals surface area contributed by atoms with E-state index >= 15 is 0 Å². The van der Waals surface area contributed by atoms with E-state index in [1.165, 1.54) is 17.5 Å². The van der Waals surface area contributed by atoms with Crippen LogP contribution in [0, 0.1) is 6.92 Å². The lowest BCUT2D eigenvalue weighted by atomic mass is 9.85. The van der Waals surface area contributed by atoms with Gasteiger partial charge in [-0.15, -0.1) is 10.2 Å². The van der Waals surface area contributed by atoms with Crippen LogP contribution in [-0.2, 0) is 19.0 Å². The van der Waals surface area contributed by atoms with Gasteiger partial charge >= 0.3 is 6.18 Å². The molecule has 178 valence electrons. The molecule has 0 saturated heterocycles. The lowest BCUT2D eigenvalue weighted by Crippen LogP contribution is -2.14. The van der Waals surface area contributed by atoms with Gasteiger partial charge in [0.15, 0.2) is 11.4 Å². The number of nitrogens with zero attached hydrogens (tertiary/aromatic N) is 5. The molecule has 1 aromatic carbocycles. The molecule has 0 saturated carbocycles. The molecule has 13 heteroatoms. The first kappa shape index (κ1) is 21.6. The SMILES string of the molecule is Cc1nnc(NC(=O)c2n[nH]c3ccc4nc(-c5c[nH]nc5C(F)(F)F)c5c(c4c23)CCCC5)s1. The highest BCUT2D eigenvalue weighted by Gasteiger charge is 2.38. The van der Waals surface area contributed by atoms with Gasteiger partial charge in [0.2, 0.25) is 5.13 Å². The van der Waals surface area contributed by atoms with Gasteiger partial charge in [0.1, 0.15) is 5.01 Å². The number of carbonyl (C=O) groups is 1. The highest BCUT2D eigenvalue weighted by molar-refractivity contribution is 7.15. The number of aromatic nitrogens is 7. The molecule has 0 atom stereocenters. The average molecular weight is 498 g/mol. The molecule has 0 unspecified atom stereocenters. The molecule has 0 radical (unpaired) electrons. The van der Waals surface area contributed by atoms with Gasteiger partial charge in [-0.1, -0.05) is 11.3 Å². The van der Waals surface area contributed by atoms with Crippen molar-refractivity contribution in [1.82, 2.24) is 35.6 Å². The maximum atomic E-state index is 13.6. The summed E-state index contributed by atoms with van der Waals surface area (Å²) in [6.07, 6.45) is -0.431. The van der Waals surface area contributed by atoms with E-state index in [0.717, 1.165) is 29.4 Å². The fourth-order valence-corrected chi connectivity index (χ4v) is 5.30. The van der Waals surface area contributed by atoms with Crippen LogP contribution in [0.15, 0.2) is 18.3 Å². The molecule has 0 spiro atoms. The Morgan fingerprint density at radius 1 is 1.09 bits per heavy atom. The van der Waals surface area contributed by atoms with Crippen molar-refractivity contribution in [2.24, 2.45) is 0 Å². The predicted octanol–water partition coefficient (Wildman–Crippen LogP) is 4.81. The molecule has 0 aliphatic heterocycles. The third-order valence-electron chi connectivity index (χ3n) is 6.12. The lowest BCUT2D eigenvalue weighted by Gasteiger charge is -2.22. The van der Waals surface area contributed by atoms with Crippen LogP contribution in [0.3, 0.4) is 0 Å². The fourth-order valence-electron chi connectivity index (χ4n) is 4.71. The molecule has 5 aromatic rings. The van der Waals surface area contributed by atoms with Gasteiger partial charge in [0, 0.05) is 17.0 Å². The van der Waals surface area contributed by atoms with Gasteiger partial charge in [-0.25, -0.2) is 4.98 Å². The highest BCUT2D eigenvalue weighted by Crippen LogP contribution is 2.42. The summed E-state index contributed by atoms with van der Waals surface area (Å²) in [5.74, 6) is -0.456. The summed E-state index contributed by atoms with van der Waals surface area (Å²) in [5.41, 5.74) is 2.13. The maximum absolute atomic E-state index is 13.6. The number of alkyl halides is 3. The topological polar surface area (TPSA) is 125 Å². The van der Waals surface area contributed by atoms with Crippen molar-refractivity contribution in [2.75, 3.05) is 5.32 Å². The van der Waals surface area contributed by atoms with Gasteiger partial charge < -0.3 is 0 Å². The van der Waals surface area contributed by atoms with Crippen LogP contribution in [0.25, 0.3) is 33.1 Å². The van der Waals surface area contributed by atoms with Crippen molar-refractivity contribution in [1.29, 1.82) is 0 Å². The Balaban J connectivity index is 1.58. The number of benzene rings is 1. The van der Waals surface area contributed by atoms with Crippen LogP contribution in [0.5, 0.6) is 0 Å². The first-order valence-electron chi connectivity index (χ1n) is 10.9. The van der Waals surface area contributed by atoms with Crippen molar-refractivity contribution in [3.63, 3.8) is 0 Å². The first-order valence-corrected chi connectivity index (χ1v) is 11.7. The van der Waals surface area contributed by atoms with E-state index < -0.39 is 17.8 Å². The number of halogens is 3. The Labute approximate surface area is 199 Å². The molecule has 1 aliphatic carbocycles. The normalized spacial score (nSPS) is 13.9. The highest BCUT2D eigenvalue weighted by atomic mass is 32.1. The Morgan fingerprint density at radius 2 is 1.89 bits per heavy atom. The predicted molar refractivity (Wildman–Crippen MR) is 123 cm³/mol. The number of anilines is 1. The Bertz CT molecular complexity index is 1620. The lowest BCUT2D eigenvalue weighted by molar-refractivity contribution is -0.140. The second-order valence-electron chi connectivity index (χ2n) is 8.30. The van der Waals surface area contributed by atoms with Crippen LogP contribution >= 0.6 is 11.3 Å². The second kappa shape index (κ2) is 7.83. The Morgan fingerprint density at radius 3 is 2.63 bits per heavy atom. The summed E-state index contributed by atoms with van der Waals surface area (Å²) in [7, 11) is 0. The summed E-state index contributed by atoms with van der Waals surface area (Å²) in [6, 6.07) is 3.46. The van der Waals surface area contributed by atoms with Gasteiger partial charge in [-0.05, 0) is 55.9 Å². The number of aromatic amines is 2. The number of amides is 1. The third-order valence-corrected chi connectivity index (χ3v) is 6.88. The molecule has 6 rings (SSSR count). The van der Waals surface area contributed by atoms with E-state index in [4.69, 9.17) is 0 Å². The Hall–Kier alpha value is -3.87. The van der Waals surface area contributed by atoms with E-state index in [9.17, 15) is 18.0 Å². The van der Waals surface area contributed by atoms with Gasteiger partial charge in [0.25, 0.3) is 5.91 Å². The number of fused-ring (bicyclic) bond motifs is 5. The minimum atomic E-state index is -4.61. The van der Waals surface area contributed by atoms with E-state index in [0.29, 0.717) is 39.4 Å². The smallest absolute Gasteiger partial charge is 0.295 e. The van der Waals surface area contributed by atoms with Crippen LogP contribution in [-0.4, -0.2) is 41.5 Å². The van der Waals surface area contributed by atoms with Crippen molar-refractivity contribution in [2.45, 2.75) is 38.8 Å². The van der Waals surface area contributed by atoms with Crippen LogP contribution in [0.4, 0.5) is 18.3 Å². The zero-order valence-electron chi connectivity index (χ0n) is 18.2. The van der Waals surface area contributed by atoms with E-state index in [2.05, 4.69) is 40.9 Å². The number of rotatable bonds is 3. The summed E-state index contributed by atoms with van der Waals surface area (Å²) < 4.78 is 40.9. The second-order valence-corrected chi connectivity index (χ2v) is 9.49. The summed E-state index contributed by atoms with van der Waals surface area (Å²) >= 11 is 1.24. The largest absolute Gasteiger partial charge is 0.435 e. The van der Waals surface area contributed by atoms with Crippen LogP contribution in [0.2, 0.25) is 0 Å². The number of nitrogens with one attached hydrogen (secondary N) is 3. The molecule has 9 nitrogen and oxygen atoms in total. The van der Waals surface area contributed by atoms with Crippen molar-refractivity contribution >= 4 is 44.2 Å². The number of carbonyl (C=O) groups excluding carboxylic acids is 1. The molecule has 3 N–H and O–H groups in total. The van der Waals surface area contributed by atoms with E-state index in [-0.39, 0.29) is 17.0 Å². The summed E-state index contributed by atoms with van der Waals surface area (Å²) in [6.45, 7) is 1.78. The molecule has 4 heterocycles. The fraction of sp³-hybridized carbons (Fsp3) is 0.273. The molecule has 35 heavy (non-hydrogen) atoms. The summed E-state index contributed by atoms with van der Waals surface area (Å²) in [5, 5.41) is 25.9. The minimum Gasteiger partial charge on any atom is -0.295 e. The minimum absolute atomic E-state index is 0.0746. The van der Waals surface area contributed by atoms with Crippen molar-refractivity contribution in [3.8, 4) is 11.3 Å². The zero-order valence-corrected chi connectivity index (χ0v) is 19.1. The molecule has 0 bridgehead atoms. The number of hydrogen-bond acceptors (Lipinski definition) is 7. The molecule has 1 aliphatic rings. The molecule has 0 fully saturated rings.